The van der Waals surface area contributed by atoms with Crippen molar-refractivity contribution in [2.75, 3.05) is 0 Å². The molecule has 1 aliphatic rings. The minimum atomic E-state index is -1.07. The topological polar surface area (TPSA) is 105 Å². The second-order valence-corrected chi connectivity index (χ2v) is 6.27. The van der Waals surface area contributed by atoms with Crippen molar-refractivity contribution in [1.29, 1.82) is 0 Å². The van der Waals surface area contributed by atoms with Crippen LogP contribution in [0.5, 0.6) is 5.75 Å². The summed E-state index contributed by atoms with van der Waals surface area (Å²) in [5.74, 6) is -1.14. The summed E-state index contributed by atoms with van der Waals surface area (Å²) in [6.45, 7) is 1.41. The maximum absolute atomic E-state index is 11.9. The van der Waals surface area contributed by atoms with Gasteiger partial charge < -0.3 is 15.2 Å². The lowest BCUT2D eigenvalue weighted by Crippen LogP contribution is -2.48. The standard InChI is InChI=1S/C18H24N2O5/c1-12(25-16(22)11-13-7-9-15(21)10-8-13)17(23)20-18(24)19-14-5-3-2-4-6-14/h7-10,12,14,21H,2-6,11H2,1H3,(H2,19,20,23,24)/t12-/m0/s1. The number of esters is 1. The summed E-state index contributed by atoms with van der Waals surface area (Å²) in [4.78, 5) is 35.6. The van der Waals surface area contributed by atoms with Gasteiger partial charge in [-0.15, -0.1) is 0 Å². The first-order chi connectivity index (χ1) is 11.9. The molecule has 0 heterocycles. The van der Waals surface area contributed by atoms with Crippen LogP contribution < -0.4 is 10.6 Å². The van der Waals surface area contributed by atoms with Gasteiger partial charge in [0.15, 0.2) is 6.10 Å². The van der Waals surface area contributed by atoms with Crippen LogP contribution >= 0.6 is 0 Å². The minimum absolute atomic E-state index is 0.0217. The third-order valence-corrected chi connectivity index (χ3v) is 4.14. The Labute approximate surface area is 146 Å². The van der Waals surface area contributed by atoms with Crippen molar-refractivity contribution in [3.8, 4) is 5.75 Å². The van der Waals surface area contributed by atoms with Crippen molar-refractivity contribution in [2.24, 2.45) is 0 Å². The van der Waals surface area contributed by atoms with Gasteiger partial charge in [0.05, 0.1) is 6.42 Å². The third-order valence-electron chi connectivity index (χ3n) is 4.14. The van der Waals surface area contributed by atoms with Gasteiger partial charge >= 0.3 is 12.0 Å². The number of ether oxygens (including phenoxy) is 1. The monoisotopic (exact) mass is 348 g/mol. The van der Waals surface area contributed by atoms with Crippen LogP contribution in [0.4, 0.5) is 4.79 Å². The summed E-state index contributed by atoms with van der Waals surface area (Å²) < 4.78 is 5.04. The summed E-state index contributed by atoms with van der Waals surface area (Å²) in [6.07, 6.45) is 4.06. The number of urea groups is 1. The first kappa shape index (κ1) is 18.8. The predicted molar refractivity (Wildman–Crippen MR) is 90.9 cm³/mol. The summed E-state index contributed by atoms with van der Waals surface area (Å²) in [6, 6.07) is 5.66. The number of rotatable bonds is 5. The number of hydrogen-bond acceptors (Lipinski definition) is 5. The summed E-state index contributed by atoms with van der Waals surface area (Å²) >= 11 is 0. The van der Waals surface area contributed by atoms with Crippen molar-refractivity contribution in [1.82, 2.24) is 10.6 Å². The number of hydrogen-bond donors (Lipinski definition) is 3. The lowest BCUT2D eigenvalue weighted by Gasteiger charge is -2.23. The van der Waals surface area contributed by atoms with E-state index in [4.69, 9.17) is 4.74 Å². The van der Waals surface area contributed by atoms with Crippen LogP contribution in [0.3, 0.4) is 0 Å². The number of phenols is 1. The molecule has 1 aliphatic carbocycles. The van der Waals surface area contributed by atoms with Gasteiger partial charge in [0, 0.05) is 6.04 Å². The highest BCUT2D eigenvalue weighted by Crippen LogP contribution is 2.17. The quantitative estimate of drug-likeness (QED) is 0.706. The van der Waals surface area contributed by atoms with Gasteiger partial charge in [-0.25, -0.2) is 4.79 Å². The molecule has 0 bridgehead atoms. The van der Waals surface area contributed by atoms with Crippen LogP contribution in [0.1, 0.15) is 44.6 Å². The summed E-state index contributed by atoms with van der Waals surface area (Å²) in [7, 11) is 0. The second-order valence-electron chi connectivity index (χ2n) is 6.27. The molecule has 0 saturated heterocycles. The van der Waals surface area contributed by atoms with E-state index >= 15 is 0 Å². The Bertz CT molecular complexity index is 608. The van der Waals surface area contributed by atoms with Crippen LogP contribution in [0.25, 0.3) is 0 Å². The molecular weight excluding hydrogens is 324 g/mol. The Morgan fingerprint density at radius 1 is 1.16 bits per heavy atom. The number of benzene rings is 1. The lowest BCUT2D eigenvalue weighted by molar-refractivity contribution is -0.153. The SMILES string of the molecule is C[C@H](OC(=O)Cc1ccc(O)cc1)C(=O)NC(=O)NC1CCCCC1. The Morgan fingerprint density at radius 2 is 1.80 bits per heavy atom. The average molecular weight is 348 g/mol. The van der Waals surface area contributed by atoms with Gasteiger partial charge in [-0.2, -0.15) is 0 Å². The van der Waals surface area contributed by atoms with Crippen molar-refractivity contribution in [2.45, 2.75) is 57.6 Å². The van der Waals surface area contributed by atoms with E-state index in [1.165, 1.54) is 25.5 Å². The molecule has 0 aromatic heterocycles. The normalized spacial score (nSPS) is 15.9. The van der Waals surface area contributed by atoms with Gasteiger partial charge in [-0.3, -0.25) is 14.9 Å². The van der Waals surface area contributed by atoms with Crippen LogP contribution in [0.15, 0.2) is 24.3 Å². The van der Waals surface area contributed by atoms with E-state index in [0.717, 1.165) is 25.7 Å². The average Bonchev–Trinajstić information content (AvgIpc) is 2.57. The molecule has 0 unspecified atom stereocenters. The first-order valence-electron chi connectivity index (χ1n) is 8.53. The zero-order chi connectivity index (χ0) is 18.2. The fourth-order valence-corrected chi connectivity index (χ4v) is 2.75. The molecule has 7 nitrogen and oxygen atoms in total. The molecule has 7 heteroatoms. The second kappa shape index (κ2) is 9.05. The van der Waals surface area contributed by atoms with Crippen LogP contribution in [0.2, 0.25) is 0 Å². The van der Waals surface area contributed by atoms with E-state index < -0.39 is 24.0 Å². The number of amides is 3. The third kappa shape index (κ3) is 6.45. The number of carbonyl (C=O) groups is 3. The zero-order valence-electron chi connectivity index (χ0n) is 14.3. The number of aromatic hydroxyl groups is 1. The van der Waals surface area contributed by atoms with Crippen molar-refractivity contribution < 1.29 is 24.2 Å². The maximum Gasteiger partial charge on any atom is 0.321 e. The smallest absolute Gasteiger partial charge is 0.321 e. The van der Waals surface area contributed by atoms with E-state index in [2.05, 4.69) is 10.6 Å². The van der Waals surface area contributed by atoms with Crippen molar-refractivity contribution in [3.63, 3.8) is 0 Å². The number of nitrogens with one attached hydrogen (secondary N) is 2. The molecule has 1 fully saturated rings. The van der Waals surface area contributed by atoms with E-state index in [1.54, 1.807) is 12.1 Å². The molecule has 1 aromatic carbocycles. The zero-order valence-corrected chi connectivity index (χ0v) is 14.3. The Hall–Kier alpha value is -2.57. The number of phenolic OH excluding ortho intramolecular Hbond substituents is 1. The highest BCUT2D eigenvalue weighted by atomic mass is 16.5. The van der Waals surface area contributed by atoms with Gasteiger partial charge in [0.2, 0.25) is 0 Å². The molecule has 1 atom stereocenters. The molecule has 0 radical (unpaired) electrons. The lowest BCUT2D eigenvalue weighted by atomic mass is 9.96. The van der Waals surface area contributed by atoms with Crippen LogP contribution in [-0.2, 0) is 20.7 Å². The van der Waals surface area contributed by atoms with Gasteiger partial charge in [-0.05, 0) is 37.5 Å². The highest BCUT2D eigenvalue weighted by molar-refractivity contribution is 5.97. The summed E-state index contributed by atoms with van der Waals surface area (Å²) in [5.41, 5.74) is 0.658. The highest BCUT2D eigenvalue weighted by Gasteiger charge is 2.22. The Morgan fingerprint density at radius 3 is 2.44 bits per heavy atom. The van der Waals surface area contributed by atoms with Crippen LogP contribution in [0, 0.1) is 0 Å². The molecule has 1 saturated carbocycles. The Balaban J connectivity index is 1.73. The van der Waals surface area contributed by atoms with Gasteiger partial charge in [0.1, 0.15) is 5.75 Å². The molecule has 1 aromatic rings. The molecular formula is C18H24N2O5. The molecule has 25 heavy (non-hydrogen) atoms. The van der Waals surface area contributed by atoms with Gasteiger partial charge in [0.25, 0.3) is 5.91 Å². The summed E-state index contributed by atoms with van der Waals surface area (Å²) in [5, 5.41) is 14.2. The number of carbonyl (C=O) groups excluding carboxylic acids is 3. The van der Waals surface area contributed by atoms with Gasteiger partial charge in [-0.1, -0.05) is 31.4 Å². The fraction of sp³-hybridized carbons (Fsp3) is 0.500. The van der Waals surface area contributed by atoms with E-state index in [9.17, 15) is 19.5 Å². The molecule has 2 rings (SSSR count). The van der Waals surface area contributed by atoms with Crippen LogP contribution in [-0.4, -0.2) is 35.2 Å². The van der Waals surface area contributed by atoms with E-state index in [0.29, 0.717) is 5.56 Å². The van der Waals surface area contributed by atoms with Crippen molar-refractivity contribution in [3.05, 3.63) is 29.8 Å². The molecule has 136 valence electrons. The maximum atomic E-state index is 11.9. The largest absolute Gasteiger partial charge is 0.508 e. The molecule has 3 N–H and O–H groups in total. The predicted octanol–water partition coefficient (Wildman–Crippen LogP) is 2.02. The Kier molecular flexibility index (Phi) is 6.80. The van der Waals surface area contributed by atoms with E-state index in [-0.39, 0.29) is 18.2 Å². The minimum Gasteiger partial charge on any atom is -0.508 e. The molecule has 0 spiro atoms. The molecule has 3 amide bonds. The molecule has 0 aliphatic heterocycles. The fourth-order valence-electron chi connectivity index (χ4n) is 2.75. The van der Waals surface area contributed by atoms with E-state index in [1.807, 2.05) is 0 Å². The van der Waals surface area contributed by atoms with Crippen molar-refractivity contribution >= 4 is 17.9 Å². The number of imide groups is 1. The first-order valence-corrected chi connectivity index (χ1v) is 8.53.